The Morgan fingerprint density at radius 2 is 1.82 bits per heavy atom. The van der Waals surface area contributed by atoms with Gasteiger partial charge in [-0.15, -0.1) is 5.10 Å². The van der Waals surface area contributed by atoms with E-state index in [2.05, 4.69) is 15.1 Å². The van der Waals surface area contributed by atoms with E-state index in [4.69, 9.17) is 16.0 Å². The number of nitrogens with zero attached hydrogens (tertiary/aromatic N) is 6. The fourth-order valence-corrected chi connectivity index (χ4v) is 3.91. The summed E-state index contributed by atoms with van der Waals surface area (Å²) < 4.78 is 9.46. The predicted octanol–water partition coefficient (Wildman–Crippen LogP) is 2.89. The molecule has 0 N–H and O–H groups in total. The average Bonchev–Trinajstić information content (AvgIpc) is 3.37. The van der Waals surface area contributed by atoms with Crippen molar-refractivity contribution in [1.82, 2.24) is 28.9 Å². The number of hydrogen-bond acceptors (Lipinski definition) is 6. The molecule has 9 nitrogen and oxygen atoms in total. The van der Waals surface area contributed by atoms with Crippen LogP contribution in [0.25, 0.3) is 22.3 Å². The van der Waals surface area contributed by atoms with Gasteiger partial charge in [-0.25, -0.2) is 14.8 Å². The maximum Gasteiger partial charge on any atom is 0.437 e. The van der Waals surface area contributed by atoms with Crippen LogP contribution < -0.4 is 11.3 Å². The third-order valence-electron chi connectivity index (χ3n) is 5.38. The highest BCUT2D eigenvalue weighted by Gasteiger charge is 2.14. The van der Waals surface area contributed by atoms with E-state index in [1.165, 1.54) is 21.9 Å². The Balaban J connectivity index is 1.34. The summed E-state index contributed by atoms with van der Waals surface area (Å²) in [5, 5.41) is 4.91. The largest absolute Gasteiger partial charge is 0.437 e. The van der Waals surface area contributed by atoms with E-state index >= 15 is 0 Å². The SMILES string of the molecule is Cn1cnc2ncn(Cc3nn(CCc4ccc(Cl)c(-c5ccccc5)c4)c(=O)o3)c(=O)c21. The Kier molecular flexibility index (Phi) is 5.39. The standard InChI is InChI=1S/C23H19ClN6O3/c1-28-13-25-21-20(28)22(31)29(14-26-21)12-19-27-30(23(32)33-19)10-9-15-7-8-18(24)17(11-15)16-5-3-2-4-6-16/h2-8,11,13-14H,9-10,12H2,1H3. The van der Waals surface area contributed by atoms with Crippen LogP contribution in [-0.4, -0.2) is 28.9 Å². The number of fused-ring (bicyclic) bond motifs is 1. The molecule has 0 radical (unpaired) electrons. The molecule has 0 aliphatic carbocycles. The highest BCUT2D eigenvalue weighted by Crippen LogP contribution is 2.28. The predicted molar refractivity (Wildman–Crippen MR) is 123 cm³/mol. The first-order valence-corrected chi connectivity index (χ1v) is 10.6. The molecule has 3 aromatic heterocycles. The fraction of sp³-hybridized carbons (Fsp3) is 0.174. The summed E-state index contributed by atoms with van der Waals surface area (Å²) in [5.41, 5.74) is 3.42. The molecule has 10 heteroatoms. The van der Waals surface area contributed by atoms with Crippen molar-refractivity contribution in [2.45, 2.75) is 19.5 Å². The number of halogens is 1. The summed E-state index contributed by atoms with van der Waals surface area (Å²) in [7, 11) is 1.72. The van der Waals surface area contributed by atoms with Gasteiger partial charge in [0.25, 0.3) is 5.56 Å². The Labute approximate surface area is 192 Å². The van der Waals surface area contributed by atoms with Crippen molar-refractivity contribution in [3.63, 3.8) is 0 Å². The summed E-state index contributed by atoms with van der Waals surface area (Å²) in [5.74, 6) is -0.448. The second-order valence-electron chi connectivity index (χ2n) is 7.62. The van der Waals surface area contributed by atoms with Gasteiger partial charge in [0.15, 0.2) is 11.2 Å². The zero-order chi connectivity index (χ0) is 22.9. The van der Waals surface area contributed by atoms with Crippen LogP contribution in [0.4, 0.5) is 0 Å². The van der Waals surface area contributed by atoms with Crippen molar-refractivity contribution < 1.29 is 4.42 Å². The van der Waals surface area contributed by atoms with E-state index in [0.29, 0.717) is 29.2 Å². The highest BCUT2D eigenvalue weighted by molar-refractivity contribution is 6.33. The third kappa shape index (κ3) is 4.10. The van der Waals surface area contributed by atoms with Gasteiger partial charge in [-0.2, -0.15) is 4.68 Å². The van der Waals surface area contributed by atoms with Gasteiger partial charge in [0.05, 0.1) is 12.9 Å². The molecule has 5 aromatic rings. The van der Waals surface area contributed by atoms with Gasteiger partial charge in [0.1, 0.15) is 12.9 Å². The Hall–Kier alpha value is -3.98. The van der Waals surface area contributed by atoms with Crippen LogP contribution in [0, 0.1) is 0 Å². The van der Waals surface area contributed by atoms with Gasteiger partial charge in [0.2, 0.25) is 5.89 Å². The summed E-state index contributed by atoms with van der Waals surface area (Å²) in [6.07, 6.45) is 3.46. The van der Waals surface area contributed by atoms with E-state index in [1.807, 2.05) is 48.5 Å². The highest BCUT2D eigenvalue weighted by atomic mass is 35.5. The molecule has 0 aliphatic rings. The maximum absolute atomic E-state index is 12.7. The molecule has 5 rings (SSSR count). The maximum atomic E-state index is 12.7. The first kappa shape index (κ1) is 20.9. The van der Waals surface area contributed by atoms with Crippen LogP contribution in [0.1, 0.15) is 11.5 Å². The number of aromatic nitrogens is 6. The van der Waals surface area contributed by atoms with Gasteiger partial charge in [0, 0.05) is 17.6 Å². The molecule has 0 aliphatic heterocycles. The van der Waals surface area contributed by atoms with E-state index in [-0.39, 0.29) is 18.0 Å². The lowest BCUT2D eigenvalue weighted by atomic mass is 10.0. The van der Waals surface area contributed by atoms with Crippen LogP contribution >= 0.6 is 11.6 Å². The van der Waals surface area contributed by atoms with Crippen LogP contribution in [-0.2, 0) is 26.6 Å². The molecule has 3 heterocycles. The van der Waals surface area contributed by atoms with Crippen LogP contribution in [0.3, 0.4) is 0 Å². The molecule has 0 unspecified atom stereocenters. The first-order valence-electron chi connectivity index (χ1n) is 10.3. The van der Waals surface area contributed by atoms with Gasteiger partial charge >= 0.3 is 5.76 Å². The molecule has 0 saturated carbocycles. The minimum atomic E-state index is -0.579. The second-order valence-corrected chi connectivity index (χ2v) is 8.03. The number of imidazole rings is 1. The molecule has 2 aromatic carbocycles. The normalized spacial score (nSPS) is 11.3. The Morgan fingerprint density at radius 1 is 1.03 bits per heavy atom. The third-order valence-corrected chi connectivity index (χ3v) is 5.71. The number of benzene rings is 2. The monoisotopic (exact) mass is 462 g/mol. The Morgan fingerprint density at radius 3 is 2.64 bits per heavy atom. The van der Waals surface area contributed by atoms with E-state index in [9.17, 15) is 9.59 Å². The van der Waals surface area contributed by atoms with Gasteiger partial charge in [-0.05, 0) is 29.7 Å². The Bertz CT molecular complexity index is 1560. The quantitative estimate of drug-likeness (QED) is 0.384. The van der Waals surface area contributed by atoms with E-state index < -0.39 is 5.76 Å². The van der Waals surface area contributed by atoms with E-state index in [1.54, 1.807) is 11.6 Å². The van der Waals surface area contributed by atoms with Crippen molar-refractivity contribution in [3.8, 4) is 11.1 Å². The molecule has 0 amide bonds. The topological polar surface area (TPSA) is 101 Å². The summed E-state index contributed by atoms with van der Waals surface area (Å²) in [4.78, 5) is 33.2. The minimum Gasteiger partial charge on any atom is -0.390 e. The van der Waals surface area contributed by atoms with Crippen molar-refractivity contribution in [1.29, 1.82) is 0 Å². The molecule has 0 bridgehead atoms. The van der Waals surface area contributed by atoms with Crippen molar-refractivity contribution >= 4 is 22.8 Å². The molecule has 0 saturated heterocycles. The average molecular weight is 463 g/mol. The second kappa shape index (κ2) is 8.51. The van der Waals surface area contributed by atoms with Crippen molar-refractivity contribution in [2.24, 2.45) is 7.05 Å². The van der Waals surface area contributed by atoms with Crippen LogP contribution in [0.5, 0.6) is 0 Å². The van der Waals surface area contributed by atoms with Crippen LogP contribution in [0.2, 0.25) is 5.02 Å². The lowest BCUT2D eigenvalue weighted by molar-refractivity contribution is 0.434. The summed E-state index contributed by atoms with van der Waals surface area (Å²) in [6, 6.07) is 15.7. The summed E-state index contributed by atoms with van der Waals surface area (Å²) >= 11 is 6.38. The molecule has 0 fully saturated rings. The van der Waals surface area contributed by atoms with Crippen molar-refractivity contribution in [2.75, 3.05) is 0 Å². The lowest BCUT2D eigenvalue weighted by Crippen LogP contribution is -2.22. The zero-order valence-corrected chi connectivity index (χ0v) is 18.4. The van der Waals surface area contributed by atoms with E-state index in [0.717, 1.165) is 16.7 Å². The number of rotatable bonds is 6. The minimum absolute atomic E-state index is 0.00566. The summed E-state index contributed by atoms with van der Waals surface area (Å²) in [6.45, 7) is 0.320. The molecular weight excluding hydrogens is 444 g/mol. The fourth-order valence-electron chi connectivity index (χ4n) is 3.69. The smallest absolute Gasteiger partial charge is 0.390 e. The lowest BCUT2D eigenvalue weighted by Gasteiger charge is -2.08. The van der Waals surface area contributed by atoms with Gasteiger partial charge < -0.3 is 8.98 Å². The number of aryl methyl sites for hydroxylation is 3. The molecule has 0 atom stereocenters. The molecule has 166 valence electrons. The molecule has 0 spiro atoms. The molecule has 33 heavy (non-hydrogen) atoms. The van der Waals surface area contributed by atoms with Gasteiger partial charge in [-0.1, -0.05) is 48.0 Å². The zero-order valence-electron chi connectivity index (χ0n) is 17.7. The van der Waals surface area contributed by atoms with Crippen molar-refractivity contribution in [3.05, 3.63) is 98.6 Å². The first-order chi connectivity index (χ1) is 16.0. The molecular formula is C23H19ClN6O3. The van der Waals surface area contributed by atoms with Crippen LogP contribution in [0.15, 0.2) is 75.2 Å². The van der Waals surface area contributed by atoms with Gasteiger partial charge in [-0.3, -0.25) is 9.36 Å². The number of hydrogen-bond donors (Lipinski definition) is 0.